The highest BCUT2D eigenvalue weighted by Crippen LogP contribution is 2.26. The topological polar surface area (TPSA) is 88.9 Å². The fourth-order valence-corrected chi connectivity index (χ4v) is 3.07. The molecule has 1 aliphatic rings. The SMILES string of the molecule is C[C@@H](C(=O)NCc1cccc(NC(=O)C2CCCC2)c1)n1cncn1. The summed E-state index contributed by atoms with van der Waals surface area (Å²) in [6.45, 7) is 2.16. The summed E-state index contributed by atoms with van der Waals surface area (Å²) in [5.74, 6) is 0.0938. The second-order valence-corrected chi connectivity index (χ2v) is 6.44. The van der Waals surface area contributed by atoms with Crippen molar-refractivity contribution >= 4 is 17.5 Å². The van der Waals surface area contributed by atoms with Crippen molar-refractivity contribution in [1.82, 2.24) is 20.1 Å². The van der Waals surface area contributed by atoms with Crippen LogP contribution in [0.1, 0.15) is 44.2 Å². The first kappa shape index (κ1) is 17.1. The lowest BCUT2D eigenvalue weighted by molar-refractivity contribution is -0.124. The standard InChI is InChI=1S/C18H23N5O2/c1-13(23-12-19-11-21-23)17(24)20-10-14-5-4-8-16(9-14)22-18(25)15-6-2-3-7-15/h4-5,8-9,11-13,15H,2-3,6-7,10H2,1H3,(H,20,24)(H,22,25)/t13-/m0/s1. The van der Waals surface area contributed by atoms with E-state index >= 15 is 0 Å². The maximum Gasteiger partial charge on any atom is 0.244 e. The molecule has 2 aromatic rings. The second-order valence-electron chi connectivity index (χ2n) is 6.44. The molecule has 1 heterocycles. The van der Waals surface area contributed by atoms with E-state index in [-0.39, 0.29) is 17.7 Å². The van der Waals surface area contributed by atoms with Crippen molar-refractivity contribution < 1.29 is 9.59 Å². The molecule has 1 aliphatic carbocycles. The van der Waals surface area contributed by atoms with Crippen molar-refractivity contribution in [2.45, 2.75) is 45.2 Å². The number of anilines is 1. The average molecular weight is 341 g/mol. The molecule has 0 saturated heterocycles. The van der Waals surface area contributed by atoms with Crippen LogP contribution in [0.4, 0.5) is 5.69 Å². The maximum atomic E-state index is 12.2. The van der Waals surface area contributed by atoms with Crippen molar-refractivity contribution in [3.05, 3.63) is 42.5 Å². The van der Waals surface area contributed by atoms with E-state index in [1.807, 2.05) is 24.3 Å². The molecule has 1 aromatic heterocycles. The highest BCUT2D eigenvalue weighted by atomic mass is 16.2. The molecule has 7 heteroatoms. The van der Waals surface area contributed by atoms with Gasteiger partial charge in [-0.3, -0.25) is 9.59 Å². The summed E-state index contributed by atoms with van der Waals surface area (Å²) in [5, 5.41) is 9.84. The van der Waals surface area contributed by atoms with Crippen molar-refractivity contribution in [3.8, 4) is 0 Å². The molecule has 0 aliphatic heterocycles. The lowest BCUT2D eigenvalue weighted by atomic mass is 10.1. The molecule has 25 heavy (non-hydrogen) atoms. The molecule has 7 nitrogen and oxygen atoms in total. The van der Waals surface area contributed by atoms with E-state index in [4.69, 9.17) is 0 Å². The predicted octanol–water partition coefficient (Wildman–Crippen LogP) is 2.28. The molecule has 1 aromatic carbocycles. The highest BCUT2D eigenvalue weighted by molar-refractivity contribution is 5.92. The van der Waals surface area contributed by atoms with E-state index in [0.717, 1.165) is 36.9 Å². The van der Waals surface area contributed by atoms with Gasteiger partial charge in [-0.05, 0) is 37.5 Å². The Kier molecular flexibility index (Phi) is 5.42. The van der Waals surface area contributed by atoms with Crippen LogP contribution in [0, 0.1) is 5.92 Å². The fourth-order valence-electron chi connectivity index (χ4n) is 3.07. The van der Waals surface area contributed by atoms with Gasteiger partial charge in [0.2, 0.25) is 11.8 Å². The monoisotopic (exact) mass is 341 g/mol. The zero-order chi connectivity index (χ0) is 17.6. The van der Waals surface area contributed by atoms with Crippen molar-refractivity contribution in [3.63, 3.8) is 0 Å². The largest absolute Gasteiger partial charge is 0.350 e. The molecular formula is C18H23N5O2. The first-order chi connectivity index (χ1) is 12.1. The molecule has 0 spiro atoms. The minimum absolute atomic E-state index is 0.0958. The second kappa shape index (κ2) is 7.92. The number of amides is 2. The maximum absolute atomic E-state index is 12.2. The van der Waals surface area contributed by atoms with Crippen molar-refractivity contribution in [2.75, 3.05) is 5.32 Å². The molecule has 132 valence electrons. The van der Waals surface area contributed by atoms with Gasteiger partial charge in [-0.2, -0.15) is 5.10 Å². The van der Waals surface area contributed by atoms with Gasteiger partial charge in [0.25, 0.3) is 0 Å². The Hall–Kier alpha value is -2.70. The van der Waals surface area contributed by atoms with E-state index in [0.29, 0.717) is 6.54 Å². The van der Waals surface area contributed by atoms with Gasteiger partial charge in [-0.15, -0.1) is 0 Å². The molecule has 1 saturated carbocycles. The summed E-state index contributed by atoms with van der Waals surface area (Å²) >= 11 is 0. The van der Waals surface area contributed by atoms with Gasteiger partial charge in [0.1, 0.15) is 18.7 Å². The molecule has 3 rings (SSSR count). The van der Waals surface area contributed by atoms with Crippen LogP contribution in [0.3, 0.4) is 0 Å². The Balaban J connectivity index is 1.54. The first-order valence-corrected chi connectivity index (χ1v) is 8.65. The Morgan fingerprint density at radius 1 is 1.32 bits per heavy atom. The zero-order valence-electron chi connectivity index (χ0n) is 14.3. The minimum atomic E-state index is -0.423. The number of rotatable bonds is 6. The normalized spacial score (nSPS) is 15.7. The summed E-state index contributed by atoms with van der Waals surface area (Å²) in [6, 6.07) is 7.15. The van der Waals surface area contributed by atoms with E-state index < -0.39 is 6.04 Å². The Morgan fingerprint density at radius 2 is 2.12 bits per heavy atom. The Morgan fingerprint density at radius 3 is 2.84 bits per heavy atom. The summed E-state index contributed by atoms with van der Waals surface area (Å²) < 4.78 is 1.51. The molecular weight excluding hydrogens is 318 g/mol. The lowest BCUT2D eigenvalue weighted by Crippen LogP contribution is -2.30. The number of benzene rings is 1. The number of nitrogens with zero attached hydrogens (tertiary/aromatic N) is 3. The van der Waals surface area contributed by atoms with E-state index in [2.05, 4.69) is 20.7 Å². The lowest BCUT2D eigenvalue weighted by Gasteiger charge is -2.13. The van der Waals surface area contributed by atoms with Crippen LogP contribution in [-0.4, -0.2) is 26.6 Å². The fraction of sp³-hybridized carbons (Fsp3) is 0.444. The van der Waals surface area contributed by atoms with Gasteiger partial charge in [0, 0.05) is 18.2 Å². The molecule has 1 fully saturated rings. The van der Waals surface area contributed by atoms with Crippen LogP contribution >= 0.6 is 0 Å². The van der Waals surface area contributed by atoms with E-state index in [1.54, 1.807) is 6.92 Å². The number of carbonyl (C=O) groups is 2. The number of carbonyl (C=O) groups excluding carboxylic acids is 2. The molecule has 2 amide bonds. The van der Waals surface area contributed by atoms with Gasteiger partial charge in [0.05, 0.1) is 0 Å². The van der Waals surface area contributed by atoms with Crippen LogP contribution in [0.5, 0.6) is 0 Å². The Labute approximate surface area is 146 Å². The molecule has 0 radical (unpaired) electrons. The summed E-state index contributed by atoms with van der Waals surface area (Å²) in [7, 11) is 0. The zero-order valence-corrected chi connectivity index (χ0v) is 14.3. The number of hydrogen-bond acceptors (Lipinski definition) is 4. The number of hydrogen-bond donors (Lipinski definition) is 2. The van der Waals surface area contributed by atoms with Crippen molar-refractivity contribution in [2.24, 2.45) is 5.92 Å². The van der Waals surface area contributed by atoms with Gasteiger partial charge in [0.15, 0.2) is 0 Å². The van der Waals surface area contributed by atoms with Crippen LogP contribution in [0.25, 0.3) is 0 Å². The van der Waals surface area contributed by atoms with Crippen LogP contribution < -0.4 is 10.6 Å². The van der Waals surface area contributed by atoms with Crippen molar-refractivity contribution in [1.29, 1.82) is 0 Å². The molecule has 2 N–H and O–H groups in total. The molecule has 0 unspecified atom stereocenters. The third-order valence-electron chi connectivity index (χ3n) is 4.60. The van der Waals surface area contributed by atoms with Crippen LogP contribution in [-0.2, 0) is 16.1 Å². The van der Waals surface area contributed by atoms with Crippen LogP contribution in [0.15, 0.2) is 36.9 Å². The minimum Gasteiger partial charge on any atom is -0.350 e. The Bertz CT molecular complexity index is 723. The average Bonchev–Trinajstić information content (AvgIpc) is 3.32. The summed E-state index contributed by atoms with van der Waals surface area (Å²) in [4.78, 5) is 28.2. The van der Waals surface area contributed by atoms with Gasteiger partial charge >= 0.3 is 0 Å². The highest BCUT2D eigenvalue weighted by Gasteiger charge is 2.22. The third kappa shape index (κ3) is 4.43. The predicted molar refractivity (Wildman–Crippen MR) is 93.6 cm³/mol. The number of aromatic nitrogens is 3. The van der Waals surface area contributed by atoms with E-state index in [1.165, 1.54) is 17.3 Å². The third-order valence-corrected chi connectivity index (χ3v) is 4.60. The molecule has 1 atom stereocenters. The quantitative estimate of drug-likeness (QED) is 0.843. The van der Waals surface area contributed by atoms with E-state index in [9.17, 15) is 9.59 Å². The summed E-state index contributed by atoms with van der Waals surface area (Å²) in [5.41, 5.74) is 1.70. The first-order valence-electron chi connectivity index (χ1n) is 8.65. The van der Waals surface area contributed by atoms with Gasteiger partial charge in [-0.25, -0.2) is 9.67 Å². The van der Waals surface area contributed by atoms with Crippen LogP contribution in [0.2, 0.25) is 0 Å². The molecule has 0 bridgehead atoms. The smallest absolute Gasteiger partial charge is 0.244 e. The summed E-state index contributed by atoms with van der Waals surface area (Å²) in [6.07, 6.45) is 7.13. The van der Waals surface area contributed by atoms with Gasteiger partial charge in [-0.1, -0.05) is 25.0 Å². The number of nitrogens with one attached hydrogen (secondary N) is 2. The van der Waals surface area contributed by atoms with Gasteiger partial charge < -0.3 is 10.6 Å².